The van der Waals surface area contributed by atoms with E-state index in [2.05, 4.69) is 51.1 Å². The molecule has 5 rings (SSSR count). The minimum atomic E-state index is 0.676. The number of hydrogen-bond donors (Lipinski definition) is 1. The van der Waals surface area contributed by atoms with E-state index < -0.39 is 0 Å². The Hall–Kier alpha value is -2.90. The number of nitrogens with one attached hydrogen (secondary N) is 1. The summed E-state index contributed by atoms with van der Waals surface area (Å²) < 4.78 is 11.0. The topological polar surface area (TPSA) is 63.4 Å². The van der Waals surface area contributed by atoms with Gasteiger partial charge < -0.3 is 19.5 Å². The van der Waals surface area contributed by atoms with Gasteiger partial charge in [0.1, 0.15) is 11.2 Å². The second kappa shape index (κ2) is 7.26. The lowest BCUT2D eigenvalue weighted by atomic mass is 10.2. The first-order valence-corrected chi connectivity index (χ1v) is 10.2. The number of aromatic nitrogens is 2. The SMILES string of the molecule is Cc1noc2c(Nc3ccc(N4CCOCC4)cc3)cc(-c3cccs3)nc12. The van der Waals surface area contributed by atoms with E-state index in [4.69, 9.17) is 14.2 Å². The van der Waals surface area contributed by atoms with Gasteiger partial charge in [0.2, 0.25) is 5.58 Å². The van der Waals surface area contributed by atoms with Crippen molar-refractivity contribution >= 4 is 39.5 Å². The van der Waals surface area contributed by atoms with E-state index in [9.17, 15) is 0 Å². The normalized spacial score (nSPS) is 14.5. The first-order valence-electron chi connectivity index (χ1n) is 9.28. The van der Waals surface area contributed by atoms with Crippen LogP contribution >= 0.6 is 11.3 Å². The Bertz CT molecular complexity index is 1080. The highest BCUT2D eigenvalue weighted by molar-refractivity contribution is 7.13. The largest absolute Gasteiger partial charge is 0.378 e. The number of rotatable bonds is 4. The van der Waals surface area contributed by atoms with Crippen molar-refractivity contribution < 1.29 is 9.26 Å². The molecular formula is C21H20N4O2S. The minimum Gasteiger partial charge on any atom is -0.378 e. The Kier molecular flexibility index (Phi) is 4.46. The summed E-state index contributed by atoms with van der Waals surface area (Å²) in [4.78, 5) is 8.21. The van der Waals surface area contributed by atoms with Gasteiger partial charge in [0, 0.05) is 24.5 Å². The molecule has 4 heterocycles. The van der Waals surface area contributed by atoms with Crippen LogP contribution in [0.25, 0.3) is 21.7 Å². The Labute approximate surface area is 166 Å². The molecule has 0 atom stereocenters. The third-order valence-electron chi connectivity index (χ3n) is 4.89. The molecular weight excluding hydrogens is 372 g/mol. The van der Waals surface area contributed by atoms with Crippen molar-refractivity contribution in [3.63, 3.8) is 0 Å². The summed E-state index contributed by atoms with van der Waals surface area (Å²) in [7, 11) is 0. The quantitative estimate of drug-likeness (QED) is 0.536. The van der Waals surface area contributed by atoms with Crippen LogP contribution in [0.4, 0.5) is 17.1 Å². The van der Waals surface area contributed by atoms with Gasteiger partial charge in [-0.05, 0) is 48.7 Å². The third kappa shape index (κ3) is 3.23. The van der Waals surface area contributed by atoms with Crippen molar-refractivity contribution in [3.8, 4) is 10.6 Å². The number of benzene rings is 1. The number of hydrogen-bond acceptors (Lipinski definition) is 7. The smallest absolute Gasteiger partial charge is 0.208 e. The Morgan fingerprint density at radius 1 is 1.11 bits per heavy atom. The van der Waals surface area contributed by atoms with Gasteiger partial charge in [0.05, 0.1) is 29.5 Å². The molecule has 3 aromatic heterocycles. The van der Waals surface area contributed by atoms with E-state index in [0.29, 0.717) is 5.58 Å². The molecule has 0 aliphatic carbocycles. The Morgan fingerprint density at radius 2 is 1.93 bits per heavy atom. The summed E-state index contributed by atoms with van der Waals surface area (Å²) in [6.07, 6.45) is 0. The Morgan fingerprint density at radius 3 is 2.68 bits per heavy atom. The lowest BCUT2D eigenvalue weighted by Crippen LogP contribution is -2.36. The van der Waals surface area contributed by atoms with Crippen LogP contribution in [-0.2, 0) is 4.74 Å². The standard InChI is InChI=1S/C21H20N4O2S/c1-14-20-21(27-24-14)18(13-17(23-20)19-3-2-12-28-19)22-15-4-6-16(7-5-15)25-8-10-26-11-9-25/h2-7,12-13H,8-11H2,1H3,(H,22,23). The summed E-state index contributed by atoms with van der Waals surface area (Å²) in [5.41, 5.74) is 6.25. The second-order valence-corrected chi connectivity index (χ2v) is 7.70. The molecule has 0 amide bonds. The molecule has 1 aromatic carbocycles. The van der Waals surface area contributed by atoms with Gasteiger partial charge >= 0.3 is 0 Å². The summed E-state index contributed by atoms with van der Waals surface area (Å²) in [6.45, 7) is 5.34. The summed E-state index contributed by atoms with van der Waals surface area (Å²) in [5.74, 6) is 0. The molecule has 6 nitrogen and oxygen atoms in total. The van der Waals surface area contributed by atoms with Crippen molar-refractivity contribution in [2.24, 2.45) is 0 Å². The molecule has 1 aliphatic rings. The van der Waals surface area contributed by atoms with Gasteiger partial charge in [0.15, 0.2) is 0 Å². The molecule has 1 N–H and O–H groups in total. The molecule has 1 saturated heterocycles. The van der Waals surface area contributed by atoms with Crippen LogP contribution in [0.15, 0.2) is 52.4 Å². The zero-order chi connectivity index (χ0) is 18.9. The predicted octanol–water partition coefficient (Wildman–Crippen LogP) is 4.84. The number of aryl methyl sites for hydroxylation is 1. The summed E-state index contributed by atoms with van der Waals surface area (Å²) >= 11 is 1.67. The van der Waals surface area contributed by atoms with Crippen LogP contribution < -0.4 is 10.2 Å². The van der Waals surface area contributed by atoms with Gasteiger partial charge in [0.25, 0.3) is 0 Å². The number of fused-ring (bicyclic) bond motifs is 1. The zero-order valence-corrected chi connectivity index (χ0v) is 16.3. The fourth-order valence-corrected chi connectivity index (χ4v) is 4.09. The van der Waals surface area contributed by atoms with E-state index in [0.717, 1.165) is 59.5 Å². The van der Waals surface area contributed by atoms with Gasteiger partial charge in [-0.3, -0.25) is 0 Å². The number of pyridine rings is 1. The van der Waals surface area contributed by atoms with Gasteiger partial charge in [-0.2, -0.15) is 0 Å². The van der Waals surface area contributed by atoms with Crippen LogP contribution in [0.5, 0.6) is 0 Å². The molecule has 1 fully saturated rings. The third-order valence-corrected chi connectivity index (χ3v) is 5.78. The van der Waals surface area contributed by atoms with Crippen LogP contribution in [0, 0.1) is 6.92 Å². The maximum Gasteiger partial charge on any atom is 0.208 e. The zero-order valence-electron chi connectivity index (χ0n) is 15.5. The number of nitrogens with zero attached hydrogens (tertiary/aromatic N) is 3. The monoisotopic (exact) mass is 392 g/mol. The van der Waals surface area contributed by atoms with Crippen molar-refractivity contribution in [1.29, 1.82) is 0 Å². The van der Waals surface area contributed by atoms with Crippen molar-refractivity contribution in [1.82, 2.24) is 10.1 Å². The second-order valence-electron chi connectivity index (χ2n) is 6.75. The summed E-state index contributed by atoms with van der Waals surface area (Å²) in [5, 5.41) is 9.64. The first-order chi connectivity index (χ1) is 13.8. The molecule has 0 bridgehead atoms. The van der Waals surface area contributed by atoms with Gasteiger partial charge in [-0.15, -0.1) is 11.3 Å². The molecule has 0 spiro atoms. The van der Waals surface area contributed by atoms with E-state index in [1.807, 2.05) is 19.1 Å². The average molecular weight is 392 g/mol. The average Bonchev–Trinajstić information content (AvgIpc) is 3.40. The number of thiophene rings is 1. The lowest BCUT2D eigenvalue weighted by molar-refractivity contribution is 0.122. The van der Waals surface area contributed by atoms with E-state index in [1.54, 1.807) is 11.3 Å². The van der Waals surface area contributed by atoms with Crippen molar-refractivity contribution in [3.05, 3.63) is 53.5 Å². The number of anilines is 3. The lowest BCUT2D eigenvalue weighted by Gasteiger charge is -2.28. The first kappa shape index (κ1) is 17.2. The molecule has 1 aliphatic heterocycles. The summed E-state index contributed by atoms with van der Waals surface area (Å²) in [6, 6.07) is 14.6. The van der Waals surface area contributed by atoms with Crippen LogP contribution in [-0.4, -0.2) is 36.4 Å². The predicted molar refractivity (Wildman–Crippen MR) is 113 cm³/mol. The fraction of sp³-hybridized carbons (Fsp3) is 0.238. The van der Waals surface area contributed by atoms with E-state index in [1.165, 1.54) is 5.69 Å². The Balaban J connectivity index is 1.47. The van der Waals surface area contributed by atoms with Gasteiger partial charge in [-0.25, -0.2) is 4.98 Å². The fourth-order valence-electron chi connectivity index (χ4n) is 3.40. The number of ether oxygens (including phenoxy) is 1. The maximum atomic E-state index is 5.55. The maximum absolute atomic E-state index is 5.55. The molecule has 0 saturated carbocycles. The highest BCUT2D eigenvalue weighted by atomic mass is 32.1. The molecule has 4 aromatic rings. The van der Waals surface area contributed by atoms with Gasteiger partial charge in [-0.1, -0.05) is 11.2 Å². The molecule has 7 heteroatoms. The van der Waals surface area contributed by atoms with Crippen molar-refractivity contribution in [2.45, 2.75) is 6.92 Å². The molecule has 0 radical (unpaired) electrons. The molecule has 0 unspecified atom stereocenters. The minimum absolute atomic E-state index is 0.676. The van der Waals surface area contributed by atoms with E-state index in [-0.39, 0.29) is 0 Å². The van der Waals surface area contributed by atoms with Crippen LogP contribution in [0.3, 0.4) is 0 Å². The highest BCUT2D eigenvalue weighted by Gasteiger charge is 2.16. The highest BCUT2D eigenvalue weighted by Crippen LogP contribution is 2.33. The molecule has 28 heavy (non-hydrogen) atoms. The molecule has 142 valence electrons. The van der Waals surface area contributed by atoms with Crippen LogP contribution in [0.1, 0.15) is 5.69 Å². The van der Waals surface area contributed by atoms with E-state index >= 15 is 0 Å². The van der Waals surface area contributed by atoms with Crippen LogP contribution in [0.2, 0.25) is 0 Å². The number of morpholine rings is 1. The van der Waals surface area contributed by atoms with Crippen molar-refractivity contribution in [2.75, 3.05) is 36.5 Å².